The fourth-order valence-electron chi connectivity index (χ4n) is 4.60. The summed E-state index contributed by atoms with van der Waals surface area (Å²) in [4.78, 5) is 28.2. The van der Waals surface area contributed by atoms with Crippen LogP contribution in [-0.4, -0.2) is 38.5 Å². The van der Waals surface area contributed by atoms with Crippen molar-refractivity contribution in [1.29, 1.82) is 0 Å². The van der Waals surface area contributed by atoms with Crippen molar-refractivity contribution in [3.8, 4) is 17.2 Å². The summed E-state index contributed by atoms with van der Waals surface area (Å²) < 4.78 is 11.7. The molecule has 1 unspecified atom stereocenters. The van der Waals surface area contributed by atoms with Crippen LogP contribution in [0.2, 0.25) is 0 Å². The zero-order valence-corrected chi connectivity index (χ0v) is 23.2. The quantitative estimate of drug-likeness (QED) is 0.212. The molecule has 1 fully saturated rings. The number of carbonyl (C=O) groups excluding carboxylic acids is 2. The van der Waals surface area contributed by atoms with Gasteiger partial charge in [0.1, 0.15) is 28.6 Å². The van der Waals surface area contributed by atoms with Gasteiger partial charge in [-0.1, -0.05) is 24.3 Å². The second-order valence-corrected chi connectivity index (χ2v) is 11.0. The number of amides is 1. The van der Waals surface area contributed by atoms with E-state index in [1.807, 2.05) is 65.8 Å². The standard InChI is InChI=1S/C32H35NO6/c1-19(2)38-26-16-11-23(17-20(26)3)29(35)27-28(22-9-12-24(34)13-10-22)33(31(37)30(27)36)18-21-7-14-25(15-8-21)39-32(4,5)6/h7-17,19,28,34-35H,18H2,1-6H3/b29-27-. The molecule has 3 aromatic carbocycles. The predicted molar refractivity (Wildman–Crippen MR) is 150 cm³/mol. The molecule has 1 atom stereocenters. The number of phenolic OH excluding ortho intramolecular Hbond substituents is 1. The molecule has 204 valence electrons. The Kier molecular flexibility index (Phi) is 7.72. The SMILES string of the molecule is Cc1cc(/C(O)=C2/C(=O)C(=O)N(Cc3ccc(OC(C)(C)C)cc3)C2c2ccc(O)cc2)ccc1OC(C)C. The van der Waals surface area contributed by atoms with Gasteiger partial charge in [0.25, 0.3) is 11.7 Å². The van der Waals surface area contributed by atoms with E-state index in [2.05, 4.69) is 0 Å². The number of aromatic hydroxyl groups is 1. The van der Waals surface area contributed by atoms with Crippen molar-refractivity contribution in [2.75, 3.05) is 0 Å². The molecule has 1 aliphatic rings. The van der Waals surface area contributed by atoms with Crippen LogP contribution in [0.1, 0.15) is 62.9 Å². The van der Waals surface area contributed by atoms with Crippen LogP contribution >= 0.6 is 0 Å². The Hall–Kier alpha value is -4.26. The lowest BCUT2D eigenvalue weighted by atomic mass is 9.94. The minimum Gasteiger partial charge on any atom is -0.508 e. The molecule has 3 aromatic rings. The van der Waals surface area contributed by atoms with Gasteiger partial charge in [-0.2, -0.15) is 0 Å². The minimum absolute atomic E-state index is 0.00435. The summed E-state index contributed by atoms with van der Waals surface area (Å²) in [5.41, 5.74) is 2.24. The molecule has 0 radical (unpaired) electrons. The molecule has 0 bridgehead atoms. The van der Waals surface area contributed by atoms with Gasteiger partial charge in [0.15, 0.2) is 0 Å². The van der Waals surface area contributed by atoms with Crippen LogP contribution < -0.4 is 9.47 Å². The van der Waals surface area contributed by atoms with Gasteiger partial charge in [-0.25, -0.2) is 0 Å². The number of carbonyl (C=O) groups is 2. The molecule has 1 saturated heterocycles. The lowest BCUT2D eigenvalue weighted by Crippen LogP contribution is -2.29. The first kappa shape index (κ1) is 27.8. The second-order valence-electron chi connectivity index (χ2n) is 11.0. The van der Waals surface area contributed by atoms with Gasteiger partial charge >= 0.3 is 0 Å². The molecule has 7 nitrogen and oxygen atoms in total. The lowest BCUT2D eigenvalue weighted by Gasteiger charge is -2.26. The molecule has 1 heterocycles. The molecule has 39 heavy (non-hydrogen) atoms. The highest BCUT2D eigenvalue weighted by molar-refractivity contribution is 6.46. The van der Waals surface area contributed by atoms with Crippen molar-refractivity contribution in [1.82, 2.24) is 4.90 Å². The zero-order chi connectivity index (χ0) is 28.5. The van der Waals surface area contributed by atoms with E-state index >= 15 is 0 Å². The predicted octanol–water partition coefficient (Wildman–Crippen LogP) is 6.29. The van der Waals surface area contributed by atoms with Gasteiger partial charge in [-0.05, 0) is 101 Å². The fraction of sp³-hybridized carbons (Fsp3) is 0.312. The largest absolute Gasteiger partial charge is 0.508 e. The first-order valence-electron chi connectivity index (χ1n) is 13.0. The van der Waals surface area contributed by atoms with Crippen molar-refractivity contribution in [3.05, 3.63) is 94.6 Å². The van der Waals surface area contributed by atoms with Gasteiger partial charge in [-0.3, -0.25) is 9.59 Å². The highest BCUT2D eigenvalue weighted by Crippen LogP contribution is 2.41. The third kappa shape index (κ3) is 6.25. The Balaban J connectivity index is 1.75. The Morgan fingerprint density at radius 1 is 0.974 bits per heavy atom. The number of rotatable bonds is 7. The number of hydrogen-bond donors (Lipinski definition) is 2. The topological polar surface area (TPSA) is 96.3 Å². The van der Waals surface area contributed by atoms with E-state index in [-0.39, 0.29) is 35.3 Å². The molecular weight excluding hydrogens is 494 g/mol. The fourth-order valence-corrected chi connectivity index (χ4v) is 4.60. The number of ketones is 1. The number of Topliss-reactive ketones (excluding diaryl/α,β-unsaturated/α-hetero) is 1. The smallest absolute Gasteiger partial charge is 0.295 e. The molecule has 0 saturated carbocycles. The summed E-state index contributed by atoms with van der Waals surface area (Å²) in [6.45, 7) is 11.7. The maximum atomic E-state index is 13.4. The summed E-state index contributed by atoms with van der Waals surface area (Å²) in [5.74, 6) is -0.303. The number of ether oxygens (including phenoxy) is 2. The molecule has 4 rings (SSSR count). The van der Waals surface area contributed by atoms with Crippen LogP contribution in [0.25, 0.3) is 5.76 Å². The number of likely N-dealkylation sites (tertiary alicyclic amines) is 1. The van der Waals surface area contributed by atoms with Crippen LogP contribution in [0, 0.1) is 6.92 Å². The Labute approximate surface area is 229 Å². The average molecular weight is 530 g/mol. The first-order valence-corrected chi connectivity index (χ1v) is 13.0. The van der Waals surface area contributed by atoms with Crippen LogP contribution in [-0.2, 0) is 16.1 Å². The molecule has 7 heteroatoms. The summed E-state index contributed by atoms with van der Waals surface area (Å²) in [7, 11) is 0. The minimum atomic E-state index is -0.844. The van der Waals surface area contributed by atoms with Crippen LogP contribution in [0.3, 0.4) is 0 Å². The molecule has 0 aliphatic carbocycles. The Morgan fingerprint density at radius 2 is 1.62 bits per heavy atom. The summed E-state index contributed by atoms with van der Waals surface area (Å²) >= 11 is 0. The third-order valence-electron chi connectivity index (χ3n) is 6.26. The van der Waals surface area contributed by atoms with Crippen LogP contribution in [0.4, 0.5) is 0 Å². The highest BCUT2D eigenvalue weighted by atomic mass is 16.5. The molecule has 2 N–H and O–H groups in total. The molecular formula is C32H35NO6. The van der Waals surface area contributed by atoms with Crippen LogP contribution in [0.5, 0.6) is 17.2 Å². The third-order valence-corrected chi connectivity index (χ3v) is 6.26. The van der Waals surface area contributed by atoms with E-state index in [4.69, 9.17) is 9.47 Å². The lowest BCUT2D eigenvalue weighted by molar-refractivity contribution is -0.140. The van der Waals surface area contributed by atoms with Gasteiger partial charge in [0.2, 0.25) is 0 Å². The number of benzene rings is 3. The van der Waals surface area contributed by atoms with Crippen molar-refractivity contribution < 1.29 is 29.3 Å². The maximum Gasteiger partial charge on any atom is 0.295 e. The van der Waals surface area contributed by atoms with Crippen molar-refractivity contribution in [2.24, 2.45) is 0 Å². The summed E-state index contributed by atoms with van der Waals surface area (Å²) in [5, 5.41) is 21.2. The van der Waals surface area contributed by atoms with Gasteiger partial charge in [0.05, 0.1) is 17.7 Å². The van der Waals surface area contributed by atoms with E-state index in [1.54, 1.807) is 30.3 Å². The molecule has 0 spiro atoms. The van der Waals surface area contributed by atoms with Crippen molar-refractivity contribution in [3.63, 3.8) is 0 Å². The van der Waals surface area contributed by atoms with Crippen molar-refractivity contribution in [2.45, 2.75) is 65.8 Å². The number of phenols is 1. The van der Waals surface area contributed by atoms with Gasteiger partial charge < -0.3 is 24.6 Å². The van der Waals surface area contributed by atoms with E-state index < -0.39 is 17.7 Å². The van der Waals surface area contributed by atoms with E-state index in [9.17, 15) is 19.8 Å². The first-order chi connectivity index (χ1) is 18.3. The monoisotopic (exact) mass is 529 g/mol. The van der Waals surface area contributed by atoms with E-state index in [0.29, 0.717) is 22.6 Å². The molecule has 1 amide bonds. The number of aliphatic hydroxyl groups excluding tert-OH is 1. The highest BCUT2D eigenvalue weighted by Gasteiger charge is 2.46. The Bertz CT molecular complexity index is 1400. The van der Waals surface area contributed by atoms with Crippen LogP contribution in [0.15, 0.2) is 72.3 Å². The number of hydrogen-bond acceptors (Lipinski definition) is 6. The van der Waals surface area contributed by atoms with Gasteiger partial charge in [0, 0.05) is 12.1 Å². The average Bonchev–Trinajstić information content (AvgIpc) is 3.10. The summed E-state index contributed by atoms with van der Waals surface area (Å²) in [6.07, 6.45) is -0.0166. The number of aliphatic hydroxyl groups is 1. The zero-order valence-electron chi connectivity index (χ0n) is 23.2. The second kappa shape index (κ2) is 10.8. The van der Waals surface area contributed by atoms with Crippen molar-refractivity contribution >= 4 is 17.4 Å². The normalized spacial score (nSPS) is 17.1. The number of nitrogens with zero attached hydrogens (tertiary/aromatic N) is 1. The molecule has 0 aromatic heterocycles. The Morgan fingerprint density at radius 3 is 2.18 bits per heavy atom. The summed E-state index contributed by atoms with van der Waals surface area (Å²) in [6, 6.07) is 18.0. The van der Waals surface area contributed by atoms with E-state index in [1.165, 1.54) is 17.0 Å². The maximum absolute atomic E-state index is 13.4. The van der Waals surface area contributed by atoms with E-state index in [0.717, 1.165) is 11.1 Å². The molecule has 1 aliphatic heterocycles. The number of aryl methyl sites for hydroxylation is 1. The van der Waals surface area contributed by atoms with Gasteiger partial charge in [-0.15, -0.1) is 0 Å².